The molecule has 0 aliphatic rings. The molecule has 0 aliphatic carbocycles. The van der Waals surface area contributed by atoms with Crippen LogP contribution >= 0.6 is 0 Å². The van der Waals surface area contributed by atoms with E-state index in [-0.39, 0.29) is 0 Å². The first kappa shape index (κ1) is 19.2. The molecule has 0 unspecified atom stereocenters. The minimum Gasteiger partial charge on any atom is -0.493 e. The SMILES string of the molecule is COc1cc2c(cc(C#N)c3c(OC)c(OC)c(OC)cc32)c(OC)c1OC. The van der Waals surface area contributed by atoms with Crippen molar-refractivity contribution in [1.29, 1.82) is 5.26 Å². The fraction of sp³-hybridized carbons (Fsp3) is 0.286. The number of ether oxygens (including phenoxy) is 6. The van der Waals surface area contributed by atoms with Crippen LogP contribution < -0.4 is 28.4 Å². The van der Waals surface area contributed by atoms with Crippen LogP contribution in [0.15, 0.2) is 18.2 Å². The smallest absolute Gasteiger partial charge is 0.203 e. The molecule has 3 aromatic rings. The molecule has 0 N–H and O–H groups in total. The van der Waals surface area contributed by atoms with Crippen LogP contribution in [-0.2, 0) is 0 Å². The zero-order chi connectivity index (χ0) is 20.4. The van der Waals surface area contributed by atoms with Crippen molar-refractivity contribution >= 4 is 21.5 Å². The van der Waals surface area contributed by atoms with Gasteiger partial charge in [0.25, 0.3) is 0 Å². The lowest BCUT2D eigenvalue weighted by atomic mass is 9.95. The maximum absolute atomic E-state index is 9.82. The van der Waals surface area contributed by atoms with Gasteiger partial charge in [0.05, 0.1) is 54.3 Å². The Balaban J connectivity index is 2.66. The molecule has 0 saturated carbocycles. The molecule has 0 saturated heterocycles. The van der Waals surface area contributed by atoms with Crippen LogP contribution in [0, 0.1) is 11.3 Å². The van der Waals surface area contributed by atoms with E-state index in [1.165, 1.54) is 21.3 Å². The Bertz CT molecular complexity index is 1100. The summed E-state index contributed by atoms with van der Waals surface area (Å²) in [7, 11) is 9.23. The van der Waals surface area contributed by atoms with Crippen molar-refractivity contribution in [3.05, 3.63) is 23.8 Å². The first-order valence-electron chi connectivity index (χ1n) is 8.38. The normalized spacial score (nSPS) is 10.5. The molecular weight excluding hydrogens is 362 g/mol. The monoisotopic (exact) mass is 383 g/mol. The third kappa shape index (κ3) is 2.65. The van der Waals surface area contributed by atoms with Gasteiger partial charge in [0.2, 0.25) is 11.5 Å². The maximum Gasteiger partial charge on any atom is 0.203 e. The summed E-state index contributed by atoms with van der Waals surface area (Å²) in [5.74, 6) is 2.76. The number of hydrogen-bond donors (Lipinski definition) is 0. The Morgan fingerprint density at radius 3 is 1.54 bits per heavy atom. The number of rotatable bonds is 6. The molecule has 0 atom stereocenters. The van der Waals surface area contributed by atoms with Crippen molar-refractivity contribution in [3.63, 3.8) is 0 Å². The van der Waals surface area contributed by atoms with Crippen LogP contribution in [0.5, 0.6) is 34.5 Å². The van der Waals surface area contributed by atoms with E-state index < -0.39 is 0 Å². The molecule has 0 aromatic heterocycles. The summed E-state index contributed by atoms with van der Waals surface area (Å²) < 4.78 is 33.1. The Morgan fingerprint density at radius 2 is 1.07 bits per heavy atom. The van der Waals surface area contributed by atoms with Crippen molar-refractivity contribution in [2.24, 2.45) is 0 Å². The Hall–Kier alpha value is -3.53. The van der Waals surface area contributed by atoms with Crippen LogP contribution in [0.2, 0.25) is 0 Å². The van der Waals surface area contributed by atoms with E-state index in [1.807, 2.05) is 12.1 Å². The van der Waals surface area contributed by atoms with Gasteiger partial charge in [0, 0.05) is 10.8 Å². The van der Waals surface area contributed by atoms with Crippen LogP contribution in [0.25, 0.3) is 21.5 Å². The van der Waals surface area contributed by atoms with Crippen LogP contribution in [0.3, 0.4) is 0 Å². The zero-order valence-electron chi connectivity index (χ0n) is 16.6. The molecule has 0 aliphatic heterocycles. The largest absolute Gasteiger partial charge is 0.493 e. The predicted molar refractivity (Wildman–Crippen MR) is 105 cm³/mol. The molecule has 0 fully saturated rings. The Kier molecular flexibility index (Phi) is 5.23. The second-order valence-electron chi connectivity index (χ2n) is 5.84. The summed E-state index contributed by atoms with van der Waals surface area (Å²) in [6.45, 7) is 0. The number of fused-ring (bicyclic) bond motifs is 3. The van der Waals surface area contributed by atoms with Gasteiger partial charge in [-0.05, 0) is 29.0 Å². The highest BCUT2D eigenvalue weighted by atomic mass is 16.5. The first-order valence-corrected chi connectivity index (χ1v) is 8.38. The number of methoxy groups -OCH3 is 6. The summed E-state index contributed by atoms with van der Waals surface area (Å²) in [5, 5.41) is 12.7. The highest BCUT2D eigenvalue weighted by Crippen LogP contribution is 2.50. The minimum absolute atomic E-state index is 0.408. The van der Waals surface area contributed by atoms with Crippen molar-refractivity contribution in [1.82, 2.24) is 0 Å². The van der Waals surface area contributed by atoms with Gasteiger partial charge in [-0.25, -0.2) is 0 Å². The van der Waals surface area contributed by atoms with Gasteiger partial charge in [0.15, 0.2) is 23.0 Å². The van der Waals surface area contributed by atoms with Gasteiger partial charge in [-0.1, -0.05) is 0 Å². The van der Waals surface area contributed by atoms with Crippen molar-refractivity contribution in [2.45, 2.75) is 0 Å². The molecule has 7 heteroatoms. The average Bonchev–Trinajstić information content (AvgIpc) is 2.74. The highest BCUT2D eigenvalue weighted by Gasteiger charge is 2.24. The molecule has 28 heavy (non-hydrogen) atoms. The van der Waals surface area contributed by atoms with Crippen LogP contribution in [0.1, 0.15) is 5.56 Å². The standard InChI is InChI=1S/C21H21NO6/c1-23-15-8-12-13-9-16(24-2)20(27-5)21(28-6)17(13)11(10-22)7-14(12)18(25-3)19(15)26-4/h7-9H,1-6H3. The maximum atomic E-state index is 9.82. The fourth-order valence-electron chi connectivity index (χ4n) is 3.49. The van der Waals surface area contributed by atoms with Crippen molar-refractivity contribution < 1.29 is 28.4 Å². The van der Waals surface area contributed by atoms with Gasteiger partial charge < -0.3 is 28.4 Å². The molecule has 0 bridgehead atoms. The van der Waals surface area contributed by atoms with Crippen LogP contribution in [0.4, 0.5) is 0 Å². The fourth-order valence-corrected chi connectivity index (χ4v) is 3.49. The predicted octanol–water partition coefficient (Wildman–Crippen LogP) is 3.92. The van der Waals surface area contributed by atoms with E-state index in [0.29, 0.717) is 50.8 Å². The molecule has 7 nitrogen and oxygen atoms in total. The van der Waals surface area contributed by atoms with E-state index in [0.717, 1.165) is 10.8 Å². The summed E-state index contributed by atoms with van der Waals surface area (Å²) >= 11 is 0. The molecule has 3 aromatic carbocycles. The third-order valence-electron chi connectivity index (χ3n) is 4.67. The van der Waals surface area contributed by atoms with Gasteiger partial charge in [-0.3, -0.25) is 0 Å². The molecule has 0 heterocycles. The third-order valence-corrected chi connectivity index (χ3v) is 4.67. The minimum atomic E-state index is 0.408. The second-order valence-corrected chi connectivity index (χ2v) is 5.84. The number of hydrogen-bond acceptors (Lipinski definition) is 7. The summed E-state index contributed by atoms with van der Waals surface area (Å²) in [4.78, 5) is 0. The summed E-state index contributed by atoms with van der Waals surface area (Å²) in [6, 6.07) is 7.63. The quantitative estimate of drug-likeness (QED) is 0.597. The van der Waals surface area contributed by atoms with E-state index in [2.05, 4.69) is 6.07 Å². The molecule has 3 rings (SSSR count). The van der Waals surface area contributed by atoms with E-state index in [4.69, 9.17) is 28.4 Å². The number of nitrogens with zero attached hydrogens (tertiary/aromatic N) is 1. The second kappa shape index (κ2) is 7.61. The molecule has 0 amide bonds. The summed E-state index contributed by atoms with van der Waals surface area (Å²) in [6.07, 6.45) is 0. The van der Waals surface area contributed by atoms with Gasteiger partial charge in [-0.15, -0.1) is 0 Å². The highest BCUT2D eigenvalue weighted by molar-refractivity contribution is 6.16. The Morgan fingerprint density at radius 1 is 0.571 bits per heavy atom. The molecule has 146 valence electrons. The topological polar surface area (TPSA) is 79.2 Å². The van der Waals surface area contributed by atoms with Gasteiger partial charge >= 0.3 is 0 Å². The average molecular weight is 383 g/mol. The Labute approximate surface area is 162 Å². The summed E-state index contributed by atoms with van der Waals surface area (Å²) in [5.41, 5.74) is 0.408. The first-order chi connectivity index (χ1) is 13.6. The molecular formula is C21H21NO6. The van der Waals surface area contributed by atoms with E-state index >= 15 is 0 Å². The van der Waals surface area contributed by atoms with Crippen molar-refractivity contribution in [2.75, 3.05) is 42.7 Å². The van der Waals surface area contributed by atoms with Crippen LogP contribution in [-0.4, -0.2) is 42.7 Å². The zero-order valence-corrected chi connectivity index (χ0v) is 16.6. The van der Waals surface area contributed by atoms with E-state index in [9.17, 15) is 5.26 Å². The molecule has 0 radical (unpaired) electrons. The van der Waals surface area contributed by atoms with Gasteiger partial charge in [-0.2, -0.15) is 5.26 Å². The number of nitriles is 1. The van der Waals surface area contributed by atoms with Crippen molar-refractivity contribution in [3.8, 4) is 40.6 Å². The number of benzene rings is 3. The molecule has 0 spiro atoms. The lowest BCUT2D eigenvalue weighted by Crippen LogP contribution is -2.00. The van der Waals surface area contributed by atoms with Gasteiger partial charge in [0.1, 0.15) is 0 Å². The lowest BCUT2D eigenvalue weighted by Gasteiger charge is -2.19. The van der Waals surface area contributed by atoms with E-state index in [1.54, 1.807) is 27.4 Å². The lowest BCUT2D eigenvalue weighted by molar-refractivity contribution is 0.326.